The molecule has 1 saturated carbocycles. The zero-order valence-corrected chi connectivity index (χ0v) is 12.3. The molecule has 0 atom stereocenters. The van der Waals surface area contributed by atoms with E-state index in [0.717, 1.165) is 25.7 Å². The van der Waals surface area contributed by atoms with Gasteiger partial charge in [-0.1, -0.05) is 19.3 Å². The molecule has 1 aliphatic rings. The Morgan fingerprint density at radius 3 is 2.37 bits per heavy atom. The van der Waals surface area contributed by atoms with Crippen LogP contribution in [0, 0.1) is 5.41 Å². The summed E-state index contributed by atoms with van der Waals surface area (Å²) in [6.07, 6.45) is 5.60. The van der Waals surface area contributed by atoms with E-state index >= 15 is 0 Å². The van der Waals surface area contributed by atoms with Crippen LogP contribution in [0.2, 0.25) is 0 Å². The van der Waals surface area contributed by atoms with Gasteiger partial charge in [-0.2, -0.15) is 0 Å². The van der Waals surface area contributed by atoms with Crippen LogP contribution in [0.1, 0.15) is 46.0 Å². The minimum Gasteiger partial charge on any atom is -0.383 e. The van der Waals surface area contributed by atoms with Crippen molar-refractivity contribution in [3.63, 3.8) is 0 Å². The van der Waals surface area contributed by atoms with Gasteiger partial charge in [0.15, 0.2) is 0 Å². The summed E-state index contributed by atoms with van der Waals surface area (Å²) in [6.45, 7) is 4.20. The zero-order chi connectivity index (χ0) is 14.3. The summed E-state index contributed by atoms with van der Waals surface area (Å²) in [4.78, 5) is 24.2. The lowest BCUT2D eigenvalue weighted by Crippen LogP contribution is -2.51. The molecule has 1 fully saturated rings. The van der Waals surface area contributed by atoms with E-state index in [-0.39, 0.29) is 17.9 Å². The van der Waals surface area contributed by atoms with Gasteiger partial charge in [-0.15, -0.1) is 0 Å². The number of amides is 2. The van der Waals surface area contributed by atoms with Gasteiger partial charge >= 0.3 is 0 Å². The predicted octanol–water partition coefficient (Wildman–Crippen LogP) is 1.22. The SMILES string of the molecule is COCCNC(=O)C(C)(C)C(=O)NC1CCCCC1. The second-order valence-electron chi connectivity index (χ2n) is 5.68. The van der Waals surface area contributed by atoms with Gasteiger partial charge in [0.2, 0.25) is 11.8 Å². The molecule has 0 aliphatic heterocycles. The quantitative estimate of drug-likeness (QED) is 0.563. The topological polar surface area (TPSA) is 67.4 Å². The summed E-state index contributed by atoms with van der Waals surface area (Å²) < 4.78 is 4.87. The highest BCUT2D eigenvalue weighted by atomic mass is 16.5. The van der Waals surface area contributed by atoms with Gasteiger partial charge in [0.05, 0.1) is 6.61 Å². The number of methoxy groups -OCH3 is 1. The van der Waals surface area contributed by atoms with E-state index < -0.39 is 5.41 Å². The molecule has 1 rings (SSSR count). The van der Waals surface area contributed by atoms with E-state index in [9.17, 15) is 9.59 Å². The number of carbonyl (C=O) groups is 2. The first kappa shape index (κ1) is 16.0. The highest BCUT2D eigenvalue weighted by Gasteiger charge is 2.36. The van der Waals surface area contributed by atoms with Gasteiger partial charge in [0.25, 0.3) is 0 Å². The molecule has 1 aliphatic carbocycles. The molecule has 5 nitrogen and oxygen atoms in total. The van der Waals surface area contributed by atoms with E-state index in [1.807, 2.05) is 0 Å². The number of ether oxygens (including phenoxy) is 1. The van der Waals surface area contributed by atoms with Gasteiger partial charge in [-0.25, -0.2) is 0 Å². The Hall–Kier alpha value is -1.10. The zero-order valence-electron chi connectivity index (χ0n) is 12.3. The van der Waals surface area contributed by atoms with Crippen molar-refractivity contribution in [1.29, 1.82) is 0 Å². The van der Waals surface area contributed by atoms with Crippen LogP contribution in [-0.2, 0) is 14.3 Å². The van der Waals surface area contributed by atoms with Crippen molar-refractivity contribution in [2.24, 2.45) is 5.41 Å². The van der Waals surface area contributed by atoms with Gasteiger partial charge in [0.1, 0.15) is 5.41 Å². The van der Waals surface area contributed by atoms with Crippen LogP contribution in [0.4, 0.5) is 0 Å². The molecule has 0 aromatic rings. The number of carbonyl (C=O) groups excluding carboxylic acids is 2. The van der Waals surface area contributed by atoms with E-state index in [0.29, 0.717) is 13.2 Å². The smallest absolute Gasteiger partial charge is 0.235 e. The number of nitrogens with one attached hydrogen (secondary N) is 2. The highest BCUT2D eigenvalue weighted by molar-refractivity contribution is 6.04. The maximum Gasteiger partial charge on any atom is 0.235 e. The summed E-state index contributed by atoms with van der Waals surface area (Å²) in [7, 11) is 1.58. The fourth-order valence-electron chi connectivity index (χ4n) is 2.20. The van der Waals surface area contributed by atoms with Crippen LogP contribution >= 0.6 is 0 Å². The molecule has 0 unspecified atom stereocenters. The predicted molar refractivity (Wildman–Crippen MR) is 73.7 cm³/mol. The Balaban J connectivity index is 2.45. The lowest BCUT2D eigenvalue weighted by atomic mass is 9.89. The van der Waals surface area contributed by atoms with Crippen LogP contribution in [0.25, 0.3) is 0 Å². The van der Waals surface area contributed by atoms with Crippen LogP contribution in [-0.4, -0.2) is 38.1 Å². The maximum absolute atomic E-state index is 12.2. The fraction of sp³-hybridized carbons (Fsp3) is 0.857. The largest absolute Gasteiger partial charge is 0.383 e. The molecule has 5 heteroatoms. The Labute approximate surface area is 115 Å². The molecule has 0 saturated heterocycles. The minimum atomic E-state index is -1.04. The van der Waals surface area contributed by atoms with Gasteiger partial charge in [-0.3, -0.25) is 9.59 Å². The van der Waals surface area contributed by atoms with Crippen LogP contribution in [0.5, 0.6) is 0 Å². The Morgan fingerprint density at radius 1 is 1.16 bits per heavy atom. The van der Waals surface area contributed by atoms with Crippen LogP contribution in [0.3, 0.4) is 0 Å². The lowest BCUT2D eigenvalue weighted by Gasteiger charge is -2.28. The number of rotatable bonds is 6. The standard InChI is InChI=1S/C14H26N2O3/c1-14(2,12(17)15-9-10-19-3)13(18)16-11-7-5-4-6-8-11/h11H,4-10H2,1-3H3,(H,15,17)(H,16,18). The lowest BCUT2D eigenvalue weighted by molar-refractivity contribution is -0.142. The van der Waals surface area contributed by atoms with E-state index in [1.54, 1.807) is 21.0 Å². The molecule has 110 valence electrons. The molecule has 0 bridgehead atoms. The van der Waals surface area contributed by atoms with Crippen molar-refractivity contribution < 1.29 is 14.3 Å². The third-order valence-corrected chi connectivity index (χ3v) is 3.67. The summed E-state index contributed by atoms with van der Waals surface area (Å²) in [6, 6.07) is 0.229. The van der Waals surface area contributed by atoms with E-state index in [2.05, 4.69) is 10.6 Å². The second kappa shape index (κ2) is 7.48. The Kier molecular flexibility index (Phi) is 6.28. The Bertz CT molecular complexity index is 310. The van der Waals surface area contributed by atoms with Gasteiger partial charge in [-0.05, 0) is 26.7 Å². The highest BCUT2D eigenvalue weighted by Crippen LogP contribution is 2.21. The first-order valence-corrected chi connectivity index (χ1v) is 7.06. The third-order valence-electron chi connectivity index (χ3n) is 3.67. The maximum atomic E-state index is 12.2. The summed E-state index contributed by atoms with van der Waals surface area (Å²) in [5.41, 5.74) is -1.04. The average molecular weight is 270 g/mol. The molecule has 0 spiro atoms. The average Bonchev–Trinajstić information content (AvgIpc) is 2.40. The van der Waals surface area contributed by atoms with Gasteiger partial charge in [0, 0.05) is 19.7 Å². The third kappa shape index (κ3) is 4.82. The molecular formula is C14H26N2O3. The first-order chi connectivity index (χ1) is 8.98. The molecule has 0 radical (unpaired) electrons. The van der Waals surface area contributed by atoms with Crippen molar-refractivity contribution in [1.82, 2.24) is 10.6 Å². The number of hydrogen-bond donors (Lipinski definition) is 2. The van der Waals surface area contributed by atoms with Crippen LogP contribution in [0.15, 0.2) is 0 Å². The molecular weight excluding hydrogens is 244 g/mol. The monoisotopic (exact) mass is 270 g/mol. The van der Waals surface area contributed by atoms with Crippen molar-refractivity contribution in [3.05, 3.63) is 0 Å². The fourth-order valence-corrected chi connectivity index (χ4v) is 2.20. The molecule has 0 heterocycles. The van der Waals surface area contributed by atoms with Crippen LogP contribution < -0.4 is 10.6 Å². The molecule has 2 amide bonds. The summed E-state index contributed by atoms with van der Waals surface area (Å²) in [5.74, 6) is -0.438. The molecule has 19 heavy (non-hydrogen) atoms. The summed E-state index contributed by atoms with van der Waals surface area (Å²) >= 11 is 0. The van der Waals surface area contributed by atoms with E-state index in [4.69, 9.17) is 4.74 Å². The first-order valence-electron chi connectivity index (χ1n) is 7.06. The number of hydrogen-bond acceptors (Lipinski definition) is 3. The Morgan fingerprint density at radius 2 is 1.79 bits per heavy atom. The van der Waals surface area contributed by atoms with Gasteiger partial charge < -0.3 is 15.4 Å². The summed E-state index contributed by atoms with van der Waals surface area (Å²) in [5, 5.41) is 5.72. The van der Waals surface area contributed by atoms with Crippen molar-refractivity contribution in [2.45, 2.75) is 52.0 Å². The minimum absolute atomic E-state index is 0.186. The van der Waals surface area contributed by atoms with Crippen molar-refractivity contribution in [3.8, 4) is 0 Å². The normalized spacial score (nSPS) is 17.0. The second-order valence-corrected chi connectivity index (χ2v) is 5.68. The molecule has 0 aromatic heterocycles. The van der Waals surface area contributed by atoms with E-state index in [1.165, 1.54) is 6.42 Å². The molecule has 2 N–H and O–H groups in total. The molecule has 0 aromatic carbocycles. The van der Waals surface area contributed by atoms with Crippen molar-refractivity contribution in [2.75, 3.05) is 20.3 Å². The van der Waals surface area contributed by atoms with Crippen molar-refractivity contribution >= 4 is 11.8 Å².